The number of anilines is 3. The average molecular weight is 418 g/mol. The fourth-order valence-electron chi connectivity index (χ4n) is 3.76. The molecule has 0 fully saturated rings. The molecule has 1 N–H and O–H groups in total. The maximum absolute atomic E-state index is 12.0. The van der Waals surface area contributed by atoms with E-state index in [-0.39, 0.29) is 11.9 Å². The molecule has 0 aliphatic carbocycles. The van der Waals surface area contributed by atoms with E-state index in [0.29, 0.717) is 17.8 Å². The number of esters is 1. The number of hydrogen-bond donors (Lipinski definition) is 1. The van der Waals surface area contributed by atoms with Gasteiger partial charge in [-0.1, -0.05) is 44.5 Å². The lowest BCUT2D eigenvalue weighted by atomic mass is 9.92. The largest absolute Gasteiger partial charge is 0.465 e. The van der Waals surface area contributed by atoms with Gasteiger partial charge in [-0.15, -0.1) is 0 Å². The van der Waals surface area contributed by atoms with Crippen LogP contribution in [0.1, 0.15) is 47.7 Å². The fourth-order valence-corrected chi connectivity index (χ4v) is 3.76. The second-order valence-electron chi connectivity index (χ2n) is 7.72. The van der Waals surface area contributed by atoms with Crippen LogP contribution < -0.4 is 10.2 Å². The number of nitrogens with one attached hydrogen (secondary N) is 1. The van der Waals surface area contributed by atoms with Crippen LogP contribution in [-0.2, 0) is 11.2 Å². The van der Waals surface area contributed by atoms with Crippen LogP contribution in [0.3, 0.4) is 0 Å². The molecular weight excluding hydrogens is 386 g/mol. The quantitative estimate of drug-likeness (QED) is 0.446. The van der Waals surface area contributed by atoms with Gasteiger partial charge in [-0.05, 0) is 53.8 Å². The summed E-state index contributed by atoms with van der Waals surface area (Å²) in [6.45, 7) is 5.11. The number of para-hydroxylation sites is 1. The molecule has 1 aromatic heterocycles. The molecule has 0 saturated carbocycles. The number of nitrogens with zero attached hydrogens (tertiary/aromatic N) is 2. The molecule has 5 nitrogen and oxygen atoms in total. The summed E-state index contributed by atoms with van der Waals surface area (Å²) >= 11 is 0. The highest BCUT2D eigenvalue weighted by Crippen LogP contribution is 2.30. The van der Waals surface area contributed by atoms with Crippen molar-refractivity contribution < 1.29 is 9.53 Å². The van der Waals surface area contributed by atoms with Crippen molar-refractivity contribution in [1.29, 1.82) is 0 Å². The van der Waals surface area contributed by atoms with Crippen molar-refractivity contribution in [2.24, 2.45) is 0 Å². The third-order valence-corrected chi connectivity index (χ3v) is 5.53. The van der Waals surface area contributed by atoms with Crippen LogP contribution in [0.4, 0.5) is 17.1 Å². The average Bonchev–Trinajstić information content (AvgIpc) is 2.82. The van der Waals surface area contributed by atoms with E-state index in [1.165, 1.54) is 29.6 Å². The van der Waals surface area contributed by atoms with Crippen molar-refractivity contribution in [1.82, 2.24) is 4.98 Å². The molecule has 0 radical (unpaired) electrons. The van der Waals surface area contributed by atoms with Gasteiger partial charge in [-0.3, -0.25) is 4.98 Å². The SMILES string of the molecule is CCCc1cc(N(C)c2ccccc2)ccc1[C@H](C)CNc1cnccc1C(=O)OC. The van der Waals surface area contributed by atoms with Gasteiger partial charge in [0.1, 0.15) is 0 Å². The molecule has 3 aromatic rings. The highest BCUT2D eigenvalue weighted by Gasteiger charge is 2.16. The van der Waals surface area contributed by atoms with E-state index in [2.05, 4.69) is 78.6 Å². The molecule has 0 unspecified atom stereocenters. The first-order valence-electron chi connectivity index (χ1n) is 10.7. The number of aryl methyl sites for hydroxylation is 1. The van der Waals surface area contributed by atoms with Gasteiger partial charge < -0.3 is 15.0 Å². The van der Waals surface area contributed by atoms with Crippen molar-refractivity contribution in [3.63, 3.8) is 0 Å². The zero-order valence-corrected chi connectivity index (χ0v) is 18.8. The number of rotatable bonds is 9. The Bertz CT molecular complexity index is 1000. The normalized spacial score (nSPS) is 11.6. The van der Waals surface area contributed by atoms with E-state index in [1.807, 2.05) is 6.07 Å². The number of carbonyl (C=O) groups is 1. The number of methoxy groups -OCH3 is 1. The molecule has 2 aromatic carbocycles. The van der Waals surface area contributed by atoms with E-state index in [1.54, 1.807) is 18.5 Å². The molecule has 0 spiro atoms. The van der Waals surface area contributed by atoms with Crippen LogP contribution in [0.15, 0.2) is 67.0 Å². The van der Waals surface area contributed by atoms with Crippen LogP contribution in [0, 0.1) is 0 Å². The first-order valence-corrected chi connectivity index (χ1v) is 10.7. The predicted octanol–water partition coefficient (Wildman–Crippen LogP) is 5.80. The summed E-state index contributed by atoms with van der Waals surface area (Å²) in [5, 5.41) is 3.39. The number of aromatic nitrogens is 1. The van der Waals surface area contributed by atoms with Crippen molar-refractivity contribution in [3.05, 3.63) is 83.7 Å². The summed E-state index contributed by atoms with van der Waals surface area (Å²) in [5.74, 6) is -0.0964. The van der Waals surface area contributed by atoms with Crippen LogP contribution in [-0.4, -0.2) is 31.7 Å². The molecule has 0 saturated heterocycles. The smallest absolute Gasteiger partial charge is 0.340 e. The lowest BCUT2D eigenvalue weighted by Crippen LogP contribution is -2.15. The van der Waals surface area contributed by atoms with Crippen molar-refractivity contribution >= 4 is 23.0 Å². The molecule has 0 aliphatic heterocycles. The van der Waals surface area contributed by atoms with Gasteiger partial charge in [0.25, 0.3) is 0 Å². The summed E-state index contributed by atoms with van der Waals surface area (Å²) in [4.78, 5) is 18.4. The molecule has 1 heterocycles. The molecule has 0 aliphatic rings. The molecule has 1 atom stereocenters. The van der Waals surface area contributed by atoms with E-state index in [0.717, 1.165) is 12.8 Å². The maximum atomic E-state index is 12.0. The van der Waals surface area contributed by atoms with E-state index < -0.39 is 0 Å². The Balaban J connectivity index is 1.79. The van der Waals surface area contributed by atoms with E-state index in [9.17, 15) is 4.79 Å². The van der Waals surface area contributed by atoms with Gasteiger partial charge in [0.05, 0.1) is 24.6 Å². The second-order valence-corrected chi connectivity index (χ2v) is 7.72. The highest BCUT2D eigenvalue weighted by molar-refractivity contribution is 5.95. The van der Waals surface area contributed by atoms with Gasteiger partial charge in [0.15, 0.2) is 0 Å². The zero-order chi connectivity index (χ0) is 22.2. The maximum Gasteiger partial charge on any atom is 0.340 e. The number of pyridine rings is 1. The summed E-state index contributed by atoms with van der Waals surface area (Å²) in [5.41, 5.74) is 6.22. The molecule has 31 heavy (non-hydrogen) atoms. The molecule has 162 valence electrons. The summed E-state index contributed by atoms with van der Waals surface area (Å²) in [6, 6.07) is 18.8. The highest BCUT2D eigenvalue weighted by atomic mass is 16.5. The van der Waals surface area contributed by atoms with Crippen molar-refractivity contribution in [3.8, 4) is 0 Å². The van der Waals surface area contributed by atoms with Crippen LogP contribution in [0.5, 0.6) is 0 Å². The Labute approximate surface area is 185 Å². The minimum absolute atomic E-state index is 0.267. The number of hydrogen-bond acceptors (Lipinski definition) is 5. The number of benzene rings is 2. The van der Waals surface area contributed by atoms with Crippen LogP contribution in [0.2, 0.25) is 0 Å². The molecule has 0 bridgehead atoms. The topological polar surface area (TPSA) is 54.5 Å². The summed E-state index contributed by atoms with van der Waals surface area (Å²) in [7, 11) is 3.49. The zero-order valence-electron chi connectivity index (χ0n) is 18.8. The first kappa shape index (κ1) is 22.3. The van der Waals surface area contributed by atoms with Crippen molar-refractivity contribution in [2.75, 3.05) is 30.9 Å². The van der Waals surface area contributed by atoms with Crippen molar-refractivity contribution in [2.45, 2.75) is 32.6 Å². The minimum Gasteiger partial charge on any atom is -0.465 e. The Morgan fingerprint density at radius 3 is 2.61 bits per heavy atom. The predicted molar refractivity (Wildman–Crippen MR) is 127 cm³/mol. The van der Waals surface area contributed by atoms with Gasteiger partial charge in [-0.2, -0.15) is 0 Å². The van der Waals surface area contributed by atoms with Gasteiger partial charge in [-0.25, -0.2) is 4.79 Å². The molecule has 3 rings (SSSR count). The Morgan fingerprint density at radius 2 is 1.90 bits per heavy atom. The Hall–Kier alpha value is -3.34. The number of ether oxygens (including phenoxy) is 1. The molecule has 0 amide bonds. The summed E-state index contributed by atoms with van der Waals surface area (Å²) in [6.07, 6.45) is 5.38. The molecular formula is C26H31N3O2. The van der Waals surface area contributed by atoms with Gasteiger partial charge >= 0.3 is 5.97 Å². The first-order chi connectivity index (χ1) is 15.0. The van der Waals surface area contributed by atoms with Crippen LogP contribution in [0.25, 0.3) is 0 Å². The van der Waals surface area contributed by atoms with E-state index >= 15 is 0 Å². The lowest BCUT2D eigenvalue weighted by molar-refractivity contribution is 0.0601. The minimum atomic E-state index is -0.363. The number of carbonyl (C=O) groups excluding carboxylic acids is 1. The fraction of sp³-hybridized carbons (Fsp3) is 0.308. The van der Waals surface area contributed by atoms with Crippen LogP contribution >= 0.6 is 0 Å². The Kier molecular flexibility index (Phi) is 7.65. The van der Waals surface area contributed by atoms with Gasteiger partial charge in [0.2, 0.25) is 0 Å². The standard InChI is InChI=1S/C26H31N3O2/c1-5-9-20-16-22(29(3)21-10-7-6-8-11-21)12-13-23(20)19(2)17-28-25-18-27-15-14-24(25)26(30)31-4/h6-8,10-16,18-19,28H,5,9,17H2,1-4H3/t19-/m1/s1. The van der Waals surface area contributed by atoms with Gasteiger partial charge in [0, 0.05) is 31.2 Å². The monoisotopic (exact) mass is 417 g/mol. The van der Waals surface area contributed by atoms with E-state index in [4.69, 9.17) is 4.74 Å². The third kappa shape index (κ3) is 5.43. The second kappa shape index (κ2) is 10.6. The summed E-state index contributed by atoms with van der Waals surface area (Å²) < 4.78 is 4.88. The Morgan fingerprint density at radius 1 is 1.13 bits per heavy atom. The third-order valence-electron chi connectivity index (χ3n) is 5.53. The molecule has 5 heteroatoms. The lowest BCUT2D eigenvalue weighted by Gasteiger charge is -2.23.